The van der Waals surface area contributed by atoms with Gasteiger partial charge < -0.3 is 5.73 Å². The third-order valence-electron chi connectivity index (χ3n) is 2.35. The lowest BCUT2D eigenvalue weighted by Gasteiger charge is -2.02. The molecule has 0 spiro atoms. The highest BCUT2D eigenvalue weighted by molar-refractivity contribution is 7.13. The largest absolute Gasteiger partial charge is 0.382 e. The highest BCUT2D eigenvalue weighted by Crippen LogP contribution is 2.25. The Morgan fingerprint density at radius 3 is 2.58 bits per heavy atom. The molecule has 5 nitrogen and oxygen atoms in total. The number of hydrogen-bond acceptors (Lipinski definition) is 5. The first-order valence-corrected chi connectivity index (χ1v) is 6.31. The molecule has 2 rings (SSSR count). The van der Waals surface area contributed by atoms with Gasteiger partial charge in [0.25, 0.3) is 0 Å². The van der Waals surface area contributed by atoms with E-state index in [9.17, 15) is 0 Å². The quantitative estimate of drug-likeness (QED) is 0.452. The van der Waals surface area contributed by atoms with Crippen LogP contribution in [-0.2, 0) is 0 Å². The molecule has 1 aromatic carbocycles. The van der Waals surface area contributed by atoms with Crippen molar-refractivity contribution < 1.29 is 0 Å². The Kier molecular flexibility index (Phi) is 3.90. The number of thiophene rings is 1. The minimum atomic E-state index is -0.356. The summed E-state index contributed by atoms with van der Waals surface area (Å²) >= 11 is 1.67. The molecule has 19 heavy (non-hydrogen) atoms. The second-order valence-corrected chi connectivity index (χ2v) is 4.60. The van der Waals surface area contributed by atoms with E-state index in [0.717, 1.165) is 11.3 Å². The van der Waals surface area contributed by atoms with E-state index >= 15 is 0 Å². The molecule has 0 aliphatic heterocycles. The van der Waals surface area contributed by atoms with Crippen LogP contribution in [0.25, 0.3) is 10.4 Å². The van der Waals surface area contributed by atoms with Crippen LogP contribution in [0.3, 0.4) is 0 Å². The van der Waals surface area contributed by atoms with Crippen molar-refractivity contribution in [1.29, 1.82) is 10.7 Å². The van der Waals surface area contributed by atoms with Crippen LogP contribution in [0.15, 0.2) is 46.9 Å². The second kappa shape index (κ2) is 5.80. The Labute approximate surface area is 114 Å². The fourth-order valence-electron chi connectivity index (χ4n) is 1.42. The summed E-state index contributed by atoms with van der Waals surface area (Å²) in [4.78, 5) is 1.19. The summed E-state index contributed by atoms with van der Waals surface area (Å²) in [6, 6.07) is 13.4. The van der Waals surface area contributed by atoms with Crippen molar-refractivity contribution in [3.05, 3.63) is 41.8 Å². The molecular formula is C13H11N5S. The normalized spacial score (nSPS) is 10.8. The third-order valence-corrected chi connectivity index (χ3v) is 3.27. The van der Waals surface area contributed by atoms with Gasteiger partial charge in [-0.15, -0.1) is 11.3 Å². The fraction of sp³-hybridized carbons (Fsp3) is 0. The molecule has 0 fully saturated rings. The summed E-state index contributed by atoms with van der Waals surface area (Å²) in [6.07, 6.45) is 0. The minimum absolute atomic E-state index is 0.137. The number of benzene rings is 1. The molecule has 1 heterocycles. The lowest BCUT2D eigenvalue weighted by Crippen LogP contribution is -2.21. The number of rotatable bonds is 4. The SMILES string of the molecule is N#C/C(=N\Nc1ccc(-c2cccs2)cc1)C(=N)N. The fourth-order valence-corrected chi connectivity index (χ4v) is 2.15. The molecule has 2 aromatic rings. The molecule has 0 atom stereocenters. The smallest absolute Gasteiger partial charge is 0.201 e. The van der Waals surface area contributed by atoms with E-state index in [1.54, 1.807) is 17.4 Å². The van der Waals surface area contributed by atoms with Crippen molar-refractivity contribution in [1.82, 2.24) is 0 Å². The van der Waals surface area contributed by atoms with E-state index in [-0.39, 0.29) is 11.5 Å². The molecule has 0 aliphatic carbocycles. The predicted octanol–water partition coefficient (Wildman–Crippen LogP) is 2.64. The molecule has 94 valence electrons. The Bertz CT molecular complexity index is 635. The number of nitrogens with one attached hydrogen (secondary N) is 2. The minimum Gasteiger partial charge on any atom is -0.382 e. The molecule has 0 amide bonds. The molecule has 1 aromatic heterocycles. The van der Waals surface area contributed by atoms with Gasteiger partial charge >= 0.3 is 0 Å². The van der Waals surface area contributed by atoms with Crippen molar-refractivity contribution in [2.75, 3.05) is 5.43 Å². The van der Waals surface area contributed by atoms with Crippen LogP contribution < -0.4 is 11.2 Å². The number of hydrazone groups is 1. The number of nitriles is 1. The van der Waals surface area contributed by atoms with E-state index < -0.39 is 0 Å². The van der Waals surface area contributed by atoms with Crippen LogP contribution in [0.4, 0.5) is 5.69 Å². The Morgan fingerprint density at radius 1 is 1.32 bits per heavy atom. The topological polar surface area (TPSA) is 98.0 Å². The van der Waals surface area contributed by atoms with Crippen molar-refractivity contribution in [3.63, 3.8) is 0 Å². The van der Waals surface area contributed by atoms with E-state index in [4.69, 9.17) is 16.4 Å². The standard InChI is InChI=1S/C13H11N5S/c14-8-11(13(15)16)18-17-10-5-3-9(4-6-10)12-2-1-7-19-12/h1-7,17H,(H3,15,16)/b18-11+. The summed E-state index contributed by atoms with van der Waals surface area (Å²) in [7, 11) is 0. The second-order valence-electron chi connectivity index (χ2n) is 3.65. The monoisotopic (exact) mass is 269 g/mol. The molecule has 0 saturated carbocycles. The number of anilines is 1. The van der Waals surface area contributed by atoms with Gasteiger partial charge in [-0.05, 0) is 29.1 Å². The van der Waals surface area contributed by atoms with Gasteiger partial charge in [0.15, 0.2) is 5.84 Å². The zero-order chi connectivity index (χ0) is 13.7. The zero-order valence-electron chi connectivity index (χ0n) is 9.92. The van der Waals surface area contributed by atoms with Gasteiger partial charge in [-0.2, -0.15) is 10.4 Å². The van der Waals surface area contributed by atoms with Crippen LogP contribution in [0.2, 0.25) is 0 Å². The van der Waals surface area contributed by atoms with Crippen molar-refractivity contribution in [2.45, 2.75) is 0 Å². The van der Waals surface area contributed by atoms with Crippen LogP contribution >= 0.6 is 11.3 Å². The molecular weight excluding hydrogens is 258 g/mol. The van der Waals surface area contributed by atoms with Crippen LogP contribution in [0.5, 0.6) is 0 Å². The molecule has 0 unspecified atom stereocenters. The first-order valence-electron chi connectivity index (χ1n) is 5.43. The van der Waals surface area contributed by atoms with Gasteiger partial charge in [0.05, 0.1) is 5.69 Å². The van der Waals surface area contributed by atoms with Gasteiger partial charge in [0.1, 0.15) is 6.07 Å². The van der Waals surface area contributed by atoms with E-state index in [2.05, 4.69) is 16.6 Å². The third kappa shape index (κ3) is 3.18. The summed E-state index contributed by atoms with van der Waals surface area (Å²) < 4.78 is 0. The van der Waals surface area contributed by atoms with Gasteiger partial charge in [-0.25, -0.2) is 0 Å². The van der Waals surface area contributed by atoms with Crippen molar-refractivity contribution >= 4 is 28.6 Å². The summed E-state index contributed by atoms with van der Waals surface area (Å²) in [5.41, 5.74) is 9.60. The average Bonchev–Trinajstić information content (AvgIpc) is 2.94. The van der Waals surface area contributed by atoms with E-state index in [1.807, 2.05) is 35.7 Å². The highest BCUT2D eigenvalue weighted by atomic mass is 32.1. The van der Waals surface area contributed by atoms with E-state index in [1.165, 1.54) is 4.88 Å². The summed E-state index contributed by atoms with van der Waals surface area (Å²) in [5, 5.41) is 21.6. The first kappa shape index (κ1) is 12.8. The number of amidine groups is 1. The maximum Gasteiger partial charge on any atom is 0.201 e. The highest BCUT2D eigenvalue weighted by Gasteiger charge is 2.01. The van der Waals surface area contributed by atoms with Crippen molar-refractivity contribution in [3.8, 4) is 16.5 Å². The summed E-state index contributed by atoms with van der Waals surface area (Å²) in [5.74, 6) is -0.356. The molecule has 0 saturated heterocycles. The first-order chi connectivity index (χ1) is 9.20. The Balaban J connectivity index is 2.12. The lowest BCUT2D eigenvalue weighted by molar-refractivity contribution is 1.33. The molecule has 6 heteroatoms. The maximum atomic E-state index is 8.70. The Morgan fingerprint density at radius 2 is 2.05 bits per heavy atom. The van der Waals surface area contributed by atoms with E-state index in [0.29, 0.717) is 0 Å². The van der Waals surface area contributed by atoms with Crippen LogP contribution in [0.1, 0.15) is 0 Å². The van der Waals surface area contributed by atoms with Gasteiger partial charge in [0.2, 0.25) is 5.71 Å². The lowest BCUT2D eigenvalue weighted by atomic mass is 10.2. The molecule has 0 aliphatic rings. The average molecular weight is 269 g/mol. The van der Waals surface area contributed by atoms with Crippen LogP contribution in [-0.4, -0.2) is 11.5 Å². The van der Waals surface area contributed by atoms with Gasteiger partial charge in [0, 0.05) is 4.88 Å². The number of nitrogens with zero attached hydrogens (tertiary/aromatic N) is 2. The molecule has 0 radical (unpaired) electrons. The zero-order valence-corrected chi connectivity index (χ0v) is 10.7. The number of nitrogens with two attached hydrogens (primary N) is 1. The Hall–Kier alpha value is -2.65. The summed E-state index contributed by atoms with van der Waals surface area (Å²) in [6.45, 7) is 0. The maximum absolute atomic E-state index is 8.70. The number of hydrogen-bond donors (Lipinski definition) is 3. The van der Waals surface area contributed by atoms with Crippen molar-refractivity contribution in [2.24, 2.45) is 10.8 Å². The molecule has 0 bridgehead atoms. The van der Waals surface area contributed by atoms with Gasteiger partial charge in [-0.1, -0.05) is 18.2 Å². The van der Waals surface area contributed by atoms with Gasteiger partial charge in [-0.3, -0.25) is 10.8 Å². The predicted molar refractivity (Wildman–Crippen MR) is 78.3 cm³/mol. The van der Waals surface area contributed by atoms with Crippen LogP contribution in [0, 0.1) is 16.7 Å². The molecule has 4 N–H and O–H groups in total.